The van der Waals surface area contributed by atoms with Gasteiger partial charge in [-0.1, -0.05) is 237 Å². The van der Waals surface area contributed by atoms with Crippen LogP contribution in [-0.4, -0.2) is 20.9 Å². The van der Waals surface area contributed by atoms with E-state index < -0.39 is 0 Å². The molecule has 12 aromatic rings. The molecule has 4 heterocycles. The Morgan fingerprint density at radius 2 is 0.359 bits per heavy atom. The lowest BCUT2D eigenvalue weighted by molar-refractivity contribution is 1.27. The smallest absolute Gasteiger partial charge is 0.389 e. The summed E-state index contributed by atoms with van der Waals surface area (Å²) in [5.74, 6) is 0. The molecule has 3 nitrogen and oxygen atoms in total. The van der Waals surface area contributed by atoms with Crippen molar-refractivity contribution in [3.63, 3.8) is 0 Å². The molecule has 0 unspecified atom stereocenters. The summed E-state index contributed by atoms with van der Waals surface area (Å²) >= 11 is 0. The summed E-state index contributed by atoms with van der Waals surface area (Å²) in [6.07, 6.45) is 0. The summed E-state index contributed by atoms with van der Waals surface area (Å²) < 4.78 is 8.37. The molecule has 4 aliphatic rings. The van der Waals surface area contributed by atoms with Crippen LogP contribution in [0.25, 0.3) is 100 Å². The molecule has 0 bridgehead atoms. The first-order valence-electron chi connectivity index (χ1n) is 27.2. The highest BCUT2D eigenvalue weighted by molar-refractivity contribution is 7.16. The maximum Gasteiger partial charge on any atom is 0.389 e. The first kappa shape index (κ1) is 44.5. The van der Waals surface area contributed by atoms with Gasteiger partial charge in [0.1, 0.15) is 0 Å². The minimum atomic E-state index is -0.221. The van der Waals surface area contributed by atoms with Crippen LogP contribution in [0.15, 0.2) is 291 Å². The second-order valence-corrected chi connectivity index (χ2v) is 21.1. The molecular formula is C72H48B3N3. The molecule has 360 valence electrons. The average molecular weight is 988 g/mol. The lowest BCUT2D eigenvalue weighted by Gasteiger charge is -2.61. The second-order valence-electron chi connectivity index (χ2n) is 21.1. The van der Waals surface area contributed by atoms with E-state index in [1.165, 1.54) is 134 Å². The van der Waals surface area contributed by atoms with Crippen molar-refractivity contribution in [3.05, 3.63) is 291 Å². The Labute approximate surface area is 457 Å². The predicted octanol–water partition coefficient (Wildman–Crippen LogP) is 15.6. The van der Waals surface area contributed by atoms with Gasteiger partial charge in [0.15, 0.2) is 0 Å². The maximum absolute atomic E-state index is 2.79. The van der Waals surface area contributed by atoms with Gasteiger partial charge in [-0.25, -0.2) is 0 Å². The number of hydrogen-bond acceptors (Lipinski definition) is 3. The van der Waals surface area contributed by atoms with Crippen molar-refractivity contribution in [1.29, 1.82) is 0 Å². The minimum Gasteiger partial charge on any atom is -0.416 e. The van der Waals surface area contributed by atoms with Crippen LogP contribution in [0, 0.1) is 0 Å². The Hall–Kier alpha value is -9.77. The quantitative estimate of drug-likeness (QED) is 0.154. The summed E-state index contributed by atoms with van der Waals surface area (Å²) in [5, 5.41) is 0. The molecule has 0 aliphatic carbocycles. The zero-order valence-corrected chi connectivity index (χ0v) is 42.8. The van der Waals surface area contributed by atoms with E-state index >= 15 is 0 Å². The topological polar surface area (TPSA) is 9.72 Å². The lowest BCUT2D eigenvalue weighted by Crippen LogP contribution is -2.88. The highest BCUT2D eigenvalue weighted by Gasteiger charge is 2.61. The van der Waals surface area contributed by atoms with E-state index in [1.807, 2.05) is 0 Å². The number of nitrogens with zero attached hydrogens (tertiary/aromatic N) is 3. The summed E-state index contributed by atoms with van der Waals surface area (Å²) in [6, 6.07) is 109. The maximum atomic E-state index is 2.79. The van der Waals surface area contributed by atoms with Gasteiger partial charge in [-0.3, -0.25) is 0 Å². The first-order valence-corrected chi connectivity index (χ1v) is 27.2. The Bertz CT molecular complexity index is 3560. The van der Waals surface area contributed by atoms with E-state index in [0.29, 0.717) is 0 Å². The SMILES string of the molecule is c1ccc(-c2ccc3c(c2)-c2cc(-c4ccccc4)ccc2N2B3N3B(c4ccc(-c5ccccc5)cc4-c4cc(-c5ccccc5)ccc43)N3B2c2ccc(-c4ccccc4)cc2-c2cc(-c4ccccc4)ccc23)cc1. The summed E-state index contributed by atoms with van der Waals surface area (Å²) in [6.45, 7) is -0.663. The third-order valence-corrected chi connectivity index (χ3v) is 16.9. The normalized spacial score (nSPS) is 13.2. The highest BCUT2D eigenvalue weighted by atomic mass is 15.3. The molecule has 0 amide bonds. The molecule has 12 aromatic carbocycles. The highest BCUT2D eigenvalue weighted by Crippen LogP contribution is 2.51. The number of benzene rings is 12. The molecule has 0 N–H and O–H groups in total. The van der Waals surface area contributed by atoms with Gasteiger partial charge in [0.25, 0.3) is 0 Å². The van der Waals surface area contributed by atoms with E-state index in [0.717, 1.165) is 0 Å². The van der Waals surface area contributed by atoms with Crippen molar-refractivity contribution in [2.75, 3.05) is 14.2 Å². The molecule has 0 saturated carbocycles. The number of fused-ring (bicyclic) bond motifs is 21. The molecule has 1 saturated heterocycles. The summed E-state index contributed by atoms with van der Waals surface area (Å²) in [4.78, 5) is 0. The average Bonchev–Trinajstić information content (AvgIpc) is 3.71. The summed E-state index contributed by atoms with van der Waals surface area (Å²) in [7, 11) is 0. The molecule has 16 rings (SSSR count). The third kappa shape index (κ3) is 7.03. The van der Waals surface area contributed by atoms with Gasteiger partial charge in [-0.15, -0.1) is 0 Å². The zero-order chi connectivity index (χ0) is 51.3. The van der Waals surface area contributed by atoms with E-state index in [1.54, 1.807) is 0 Å². The van der Waals surface area contributed by atoms with Gasteiger partial charge < -0.3 is 14.2 Å². The van der Waals surface area contributed by atoms with Crippen LogP contribution in [0.5, 0.6) is 0 Å². The minimum absolute atomic E-state index is 0.221. The standard InChI is InChI=1S/C72H48B3N3/c1-7-19-49(20-8-1)55-31-37-67-61(43-55)64-46-58(52-25-13-4-14-26-52)34-40-70(64)76-73(67)77-71-41-35-59(53-27-15-5-16-28-53)47-65(71)62-44-57(51-23-11-3-12-24-51)33-39-69(62)75(77)78-72-42-36-60(54-29-17-6-18-30-54)48-66(72)63-45-56(32-38-68(63)74(76)78)50-21-9-2-10-22-50/h1-48H. The Kier molecular flexibility index (Phi) is 10.2. The second kappa shape index (κ2) is 17.9. The van der Waals surface area contributed by atoms with Crippen molar-refractivity contribution < 1.29 is 0 Å². The zero-order valence-electron chi connectivity index (χ0n) is 42.8. The fourth-order valence-electron chi connectivity index (χ4n) is 13.3. The van der Waals surface area contributed by atoms with E-state index in [-0.39, 0.29) is 20.9 Å². The molecule has 0 spiro atoms. The van der Waals surface area contributed by atoms with Gasteiger partial charge in [0, 0.05) is 33.8 Å². The van der Waals surface area contributed by atoms with E-state index in [9.17, 15) is 0 Å². The number of rotatable bonds is 6. The molecule has 0 atom stereocenters. The largest absolute Gasteiger partial charge is 0.416 e. The molecular weight excluding hydrogens is 939 g/mol. The predicted molar refractivity (Wildman–Crippen MR) is 332 cm³/mol. The van der Waals surface area contributed by atoms with E-state index in [4.69, 9.17) is 0 Å². The fraction of sp³-hybridized carbons (Fsp3) is 0. The van der Waals surface area contributed by atoms with Crippen LogP contribution in [0.3, 0.4) is 0 Å². The summed E-state index contributed by atoms with van der Waals surface area (Å²) in [5.41, 5.74) is 29.4. The third-order valence-electron chi connectivity index (χ3n) is 16.9. The Morgan fingerprint density at radius 1 is 0.167 bits per heavy atom. The molecule has 6 heteroatoms. The Morgan fingerprint density at radius 3 is 0.577 bits per heavy atom. The number of anilines is 3. The molecule has 0 radical (unpaired) electrons. The lowest BCUT2D eigenvalue weighted by atomic mass is 9.33. The fourth-order valence-corrected chi connectivity index (χ4v) is 13.3. The van der Waals surface area contributed by atoms with Crippen LogP contribution in [0.1, 0.15) is 0 Å². The first-order chi connectivity index (χ1) is 38.7. The van der Waals surface area contributed by atoms with Crippen molar-refractivity contribution in [3.8, 4) is 100 Å². The van der Waals surface area contributed by atoms with Crippen LogP contribution >= 0.6 is 0 Å². The van der Waals surface area contributed by atoms with Crippen molar-refractivity contribution in [1.82, 2.24) is 0 Å². The van der Waals surface area contributed by atoms with Gasteiger partial charge >= 0.3 is 20.9 Å². The monoisotopic (exact) mass is 987 g/mol. The van der Waals surface area contributed by atoms with Gasteiger partial charge in [-0.2, -0.15) is 0 Å². The van der Waals surface area contributed by atoms with E-state index in [2.05, 4.69) is 305 Å². The van der Waals surface area contributed by atoms with Gasteiger partial charge in [-0.05, 0) is 154 Å². The van der Waals surface area contributed by atoms with Crippen molar-refractivity contribution in [2.24, 2.45) is 0 Å². The molecule has 1 fully saturated rings. The molecule has 0 aromatic heterocycles. The van der Waals surface area contributed by atoms with Crippen molar-refractivity contribution >= 4 is 54.4 Å². The molecule has 78 heavy (non-hydrogen) atoms. The van der Waals surface area contributed by atoms with Crippen LogP contribution in [-0.2, 0) is 0 Å². The van der Waals surface area contributed by atoms with Crippen LogP contribution < -0.4 is 30.6 Å². The Balaban J connectivity index is 1.02. The van der Waals surface area contributed by atoms with Crippen LogP contribution in [0.4, 0.5) is 17.1 Å². The van der Waals surface area contributed by atoms with Crippen molar-refractivity contribution in [2.45, 2.75) is 0 Å². The number of hydrogen-bond donors (Lipinski definition) is 0. The van der Waals surface area contributed by atoms with Gasteiger partial charge in [0.2, 0.25) is 0 Å². The molecule has 4 aliphatic heterocycles. The van der Waals surface area contributed by atoms with Crippen LogP contribution in [0.2, 0.25) is 0 Å². The van der Waals surface area contributed by atoms with Gasteiger partial charge in [0.05, 0.1) is 0 Å².